The van der Waals surface area contributed by atoms with Gasteiger partial charge < -0.3 is 13.6 Å². The molecule has 0 aromatic heterocycles. The average molecular weight is 246 g/mol. The molecule has 0 saturated carbocycles. The van der Waals surface area contributed by atoms with Crippen LogP contribution in [0.15, 0.2) is 12.7 Å². The first-order valence-corrected chi connectivity index (χ1v) is 8.08. The summed E-state index contributed by atoms with van der Waals surface area (Å²) in [5.41, 5.74) is 0. The maximum absolute atomic E-state index is 10.8. The predicted octanol–water partition coefficient (Wildman–Crippen LogP) is 2.60. The molecule has 1 atom stereocenters. The normalized spacial score (nSPS) is 14.2. The highest BCUT2D eigenvalue weighted by Gasteiger charge is 2.29. The summed E-state index contributed by atoms with van der Waals surface area (Å²) in [7, 11) is -0.505. The second-order valence-corrected chi connectivity index (χ2v) is 7.19. The molecule has 0 heterocycles. The lowest BCUT2D eigenvalue weighted by Gasteiger charge is -2.24. The summed E-state index contributed by atoms with van der Waals surface area (Å²) in [4.78, 5) is 10.8. The van der Waals surface area contributed by atoms with Crippen molar-refractivity contribution in [3.63, 3.8) is 0 Å². The van der Waals surface area contributed by atoms with Crippen LogP contribution in [0, 0.1) is 0 Å². The second kappa shape index (κ2) is 8.49. The molecule has 0 aliphatic heterocycles. The summed E-state index contributed by atoms with van der Waals surface area (Å²) in [6.07, 6.45) is 4.54. The number of hydrogen-bond acceptors (Lipinski definition) is 4. The van der Waals surface area contributed by atoms with Crippen molar-refractivity contribution < 1.29 is 18.4 Å². The van der Waals surface area contributed by atoms with Gasteiger partial charge in [0.15, 0.2) is 6.79 Å². The minimum atomic E-state index is -2.15. The molecule has 0 bridgehead atoms. The first kappa shape index (κ1) is 15.3. The quantitative estimate of drug-likeness (QED) is 0.206. The molecule has 0 aliphatic rings. The van der Waals surface area contributed by atoms with Gasteiger partial charge in [0.05, 0.1) is 0 Å². The van der Waals surface area contributed by atoms with Crippen LogP contribution in [0.1, 0.15) is 26.2 Å². The zero-order valence-corrected chi connectivity index (χ0v) is 11.5. The van der Waals surface area contributed by atoms with Crippen LogP contribution >= 0.6 is 0 Å². The Kier molecular flexibility index (Phi) is 8.15. The van der Waals surface area contributed by atoms with Crippen LogP contribution in [0.2, 0.25) is 12.6 Å². The molecule has 4 nitrogen and oxygen atoms in total. The van der Waals surface area contributed by atoms with Crippen LogP contribution in [0.3, 0.4) is 0 Å². The largest absolute Gasteiger partial charge is 0.436 e. The summed E-state index contributed by atoms with van der Waals surface area (Å²) >= 11 is 0. The average Bonchev–Trinajstić information content (AvgIpc) is 2.29. The molecule has 0 rings (SSSR count). The van der Waals surface area contributed by atoms with Crippen molar-refractivity contribution in [3.8, 4) is 0 Å². The third-order valence-corrected chi connectivity index (χ3v) is 5.25. The highest BCUT2D eigenvalue weighted by molar-refractivity contribution is 6.65. The summed E-state index contributed by atoms with van der Waals surface area (Å²) in [6, 6.07) is 0.920. The maximum Gasteiger partial charge on any atom is 0.337 e. The van der Waals surface area contributed by atoms with Gasteiger partial charge in [-0.1, -0.05) is 32.8 Å². The van der Waals surface area contributed by atoms with Crippen molar-refractivity contribution in [1.29, 1.82) is 0 Å². The molecule has 0 saturated heterocycles. The Bertz CT molecular complexity index is 220. The van der Waals surface area contributed by atoms with Crippen LogP contribution < -0.4 is 0 Å². The van der Waals surface area contributed by atoms with Crippen LogP contribution in [-0.4, -0.2) is 28.4 Å². The molecule has 16 heavy (non-hydrogen) atoms. The molecule has 5 heteroatoms. The molecular formula is C11H22O4Si. The summed E-state index contributed by atoms with van der Waals surface area (Å²) < 4.78 is 15.7. The van der Waals surface area contributed by atoms with Gasteiger partial charge in [0.25, 0.3) is 0 Å². The van der Waals surface area contributed by atoms with E-state index >= 15 is 0 Å². The lowest BCUT2D eigenvalue weighted by atomic mass is 10.3. The van der Waals surface area contributed by atoms with Gasteiger partial charge in [-0.2, -0.15) is 0 Å². The first-order chi connectivity index (χ1) is 7.58. The van der Waals surface area contributed by atoms with Crippen molar-refractivity contribution >= 4 is 14.5 Å². The fraction of sp³-hybridized carbons (Fsp3) is 0.727. The van der Waals surface area contributed by atoms with Crippen LogP contribution in [0.4, 0.5) is 0 Å². The van der Waals surface area contributed by atoms with Crippen molar-refractivity contribution in [3.05, 3.63) is 12.7 Å². The molecule has 0 amide bonds. The van der Waals surface area contributed by atoms with Gasteiger partial charge in [-0.25, -0.2) is 4.79 Å². The van der Waals surface area contributed by atoms with E-state index in [1.165, 1.54) is 12.8 Å². The van der Waals surface area contributed by atoms with E-state index in [0.717, 1.165) is 18.5 Å². The Morgan fingerprint density at radius 2 is 2.12 bits per heavy atom. The monoisotopic (exact) mass is 246 g/mol. The highest BCUT2D eigenvalue weighted by Crippen LogP contribution is 2.16. The molecule has 0 radical (unpaired) electrons. The highest BCUT2D eigenvalue weighted by atomic mass is 28.4. The van der Waals surface area contributed by atoms with Crippen LogP contribution in [0.5, 0.6) is 0 Å². The Morgan fingerprint density at radius 3 is 2.62 bits per heavy atom. The fourth-order valence-electron chi connectivity index (χ4n) is 1.20. The minimum absolute atomic E-state index is 0.0481. The first-order valence-electron chi connectivity index (χ1n) is 5.56. The zero-order valence-electron chi connectivity index (χ0n) is 10.5. The lowest BCUT2D eigenvalue weighted by molar-refractivity contribution is -0.145. The van der Waals surface area contributed by atoms with Crippen molar-refractivity contribution in [1.82, 2.24) is 0 Å². The van der Waals surface area contributed by atoms with E-state index in [0.29, 0.717) is 0 Å². The van der Waals surface area contributed by atoms with E-state index in [1.54, 1.807) is 7.11 Å². The molecule has 0 aliphatic carbocycles. The standard InChI is InChI=1S/C11H22O4Si/c1-5-7-8-9-16(4,13-3)15-10-14-11(12)6-2/h6H,2,5,7-10H2,1,3-4H3. The Hall–Kier alpha value is -0.653. The third-order valence-electron chi connectivity index (χ3n) is 2.40. The van der Waals surface area contributed by atoms with Crippen LogP contribution in [-0.2, 0) is 18.4 Å². The summed E-state index contributed by atoms with van der Waals surface area (Å²) in [5.74, 6) is -0.471. The second-order valence-electron chi connectivity index (χ2n) is 3.72. The van der Waals surface area contributed by atoms with Gasteiger partial charge in [-0.3, -0.25) is 0 Å². The van der Waals surface area contributed by atoms with Gasteiger partial charge in [0, 0.05) is 13.2 Å². The number of ether oxygens (including phenoxy) is 1. The van der Waals surface area contributed by atoms with E-state index in [-0.39, 0.29) is 6.79 Å². The van der Waals surface area contributed by atoms with E-state index in [2.05, 4.69) is 13.5 Å². The molecule has 0 fully saturated rings. The number of unbranched alkanes of at least 4 members (excludes halogenated alkanes) is 2. The van der Waals surface area contributed by atoms with E-state index in [4.69, 9.17) is 13.6 Å². The van der Waals surface area contributed by atoms with Gasteiger partial charge in [-0.15, -0.1) is 0 Å². The fourth-order valence-corrected chi connectivity index (χ4v) is 2.87. The number of esters is 1. The van der Waals surface area contributed by atoms with E-state index in [1.807, 2.05) is 6.55 Å². The number of rotatable bonds is 9. The molecule has 0 aromatic rings. The Balaban J connectivity index is 3.86. The lowest BCUT2D eigenvalue weighted by Crippen LogP contribution is -2.38. The smallest absolute Gasteiger partial charge is 0.337 e. The van der Waals surface area contributed by atoms with E-state index < -0.39 is 14.5 Å². The minimum Gasteiger partial charge on any atom is -0.436 e. The summed E-state index contributed by atoms with van der Waals surface area (Å²) in [6.45, 7) is 7.39. The predicted molar refractivity (Wildman–Crippen MR) is 65.2 cm³/mol. The Labute approximate surface area is 98.8 Å². The number of carbonyl (C=O) groups excluding carboxylic acids is 1. The SMILES string of the molecule is C=CC(=O)OCO[Si](C)(CCCCC)OC. The zero-order chi connectivity index (χ0) is 12.4. The molecule has 0 spiro atoms. The topological polar surface area (TPSA) is 44.8 Å². The van der Waals surface area contributed by atoms with Crippen LogP contribution in [0.25, 0.3) is 0 Å². The maximum atomic E-state index is 10.8. The molecule has 1 unspecified atom stereocenters. The molecule has 0 N–H and O–H groups in total. The van der Waals surface area contributed by atoms with Gasteiger partial charge >= 0.3 is 14.5 Å². The van der Waals surface area contributed by atoms with Crippen molar-refractivity contribution in [2.24, 2.45) is 0 Å². The summed E-state index contributed by atoms with van der Waals surface area (Å²) in [5, 5.41) is 0. The molecular weight excluding hydrogens is 224 g/mol. The third kappa shape index (κ3) is 6.76. The molecule has 94 valence electrons. The van der Waals surface area contributed by atoms with Gasteiger partial charge in [0.1, 0.15) is 0 Å². The number of hydrogen-bond donors (Lipinski definition) is 0. The van der Waals surface area contributed by atoms with Gasteiger partial charge in [0.2, 0.25) is 0 Å². The molecule has 0 aromatic carbocycles. The van der Waals surface area contributed by atoms with Gasteiger partial charge in [-0.05, 0) is 12.6 Å². The van der Waals surface area contributed by atoms with Crippen molar-refractivity contribution in [2.45, 2.75) is 38.8 Å². The van der Waals surface area contributed by atoms with Crippen molar-refractivity contribution in [2.75, 3.05) is 13.9 Å². The van der Waals surface area contributed by atoms with E-state index in [9.17, 15) is 4.79 Å². The number of carbonyl (C=O) groups is 1. The Morgan fingerprint density at radius 1 is 1.44 bits per heavy atom.